The minimum absolute atomic E-state index is 0.00781. The zero-order chi connectivity index (χ0) is 17.5. The molecule has 0 aliphatic heterocycles. The van der Waals surface area contributed by atoms with Crippen LogP contribution in [0.4, 0.5) is 8.78 Å². The first-order chi connectivity index (χ1) is 11.3. The van der Waals surface area contributed by atoms with E-state index in [1.807, 2.05) is 0 Å². The summed E-state index contributed by atoms with van der Waals surface area (Å²) in [6.07, 6.45) is 0.936. The van der Waals surface area contributed by atoms with Crippen LogP contribution in [0.2, 0.25) is 5.02 Å². The van der Waals surface area contributed by atoms with Crippen molar-refractivity contribution in [2.75, 3.05) is 7.11 Å². The molecular weight excluding hydrogens is 360 g/mol. The van der Waals surface area contributed by atoms with Gasteiger partial charge in [-0.2, -0.15) is 8.78 Å². The summed E-state index contributed by atoms with van der Waals surface area (Å²) in [5.41, 5.74) is 0.0598. The number of hydrogen-bond donors (Lipinski definition) is 0. The number of ether oxygens (including phenoxy) is 1. The van der Waals surface area contributed by atoms with E-state index in [2.05, 4.69) is 0 Å². The lowest BCUT2D eigenvalue weighted by molar-refractivity contribution is 0.0748. The Morgan fingerprint density at radius 1 is 1.12 bits per heavy atom. The first-order valence-electron chi connectivity index (χ1n) is 6.82. The zero-order valence-electron chi connectivity index (χ0n) is 12.4. The van der Waals surface area contributed by atoms with Crippen molar-refractivity contribution in [3.8, 4) is 5.75 Å². The molecule has 24 heavy (non-hydrogen) atoms. The van der Waals surface area contributed by atoms with E-state index in [-0.39, 0.29) is 25.7 Å². The van der Waals surface area contributed by atoms with E-state index < -0.39 is 16.4 Å². The number of rotatable bonds is 4. The summed E-state index contributed by atoms with van der Waals surface area (Å²) < 4.78 is 57.7. The van der Waals surface area contributed by atoms with Gasteiger partial charge in [-0.05, 0) is 36.4 Å². The van der Waals surface area contributed by atoms with Gasteiger partial charge in [0, 0.05) is 16.6 Å². The molecule has 3 rings (SSSR count). The topological polar surface area (TPSA) is 48.3 Å². The number of aromatic nitrogens is 1. The van der Waals surface area contributed by atoms with Crippen LogP contribution in [0.15, 0.2) is 58.5 Å². The number of alkyl halides is 2. The number of hydrogen-bond acceptors (Lipinski definition) is 3. The molecule has 0 aliphatic rings. The molecule has 8 heteroatoms. The maximum absolute atomic E-state index is 13.2. The molecule has 0 N–H and O–H groups in total. The van der Waals surface area contributed by atoms with Crippen LogP contribution in [0.1, 0.15) is 6.55 Å². The van der Waals surface area contributed by atoms with E-state index in [0.29, 0.717) is 10.3 Å². The predicted octanol–water partition coefficient (Wildman–Crippen LogP) is 4.53. The van der Waals surface area contributed by atoms with E-state index in [1.165, 1.54) is 49.6 Å². The molecule has 0 fully saturated rings. The number of nitrogens with zero attached hydrogens (tertiary/aromatic N) is 1. The number of fused-ring (bicyclic) bond motifs is 1. The Balaban J connectivity index is 2.24. The summed E-state index contributed by atoms with van der Waals surface area (Å²) in [6.45, 7) is -2.88. The van der Waals surface area contributed by atoms with Crippen LogP contribution in [0.25, 0.3) is 10.9 Å². The van der Waals surface area contributed by atoms with Crippen LogP contribution in [-0.2, 0) is 9.84 Å². The van der Waals surface area contributed by atoms with E-state index in [9.17, 15) is 17.2 Å². The van der Waals surface area contributed by atoms with Crippen molar-refractivity contribution in [3.05, 3.63) is 53.7 Å². The summed E-state index contributed by atoms with van der Waals surface area (Å²) in [4.78, 5) is -0.203. The Morgan fingerprint density at radius 3 is 2.38 bits per heavy atom. The van der Waals surface area contributed by atoms with Gasteiger partial charge in [-0.15, -0.1) is 0 Å². The minimum atomic E-state index is -3.97. The van der Waals surface area contributed by atoms with Gasteiger partial charge in [0.2, 0.25) is 9.84 Å². The number of methoxy groups -OCH3 is 1. The fraction of sp³-hybridized carbons (Fsp3) is 0.125. The van der Waals surface area contributed by atoms with Crippen molar-refractivity contribution in [2.45, 2.75) is 16.3 Å². The van der Waals surface area contributed by atoms with E-state index in [0.717, 1.165) is 6.20 Å². The van der Waals surface area contributed by atoms with Crippen molar-refractivity contribution < 1.29 is 21.9 Å². The van der Waals surface area contributed by atoms with Gasteiger partial charge < -0.3 is 4.74 Å². The van der Waals surface area contributed by atoms with Gasteiger partial charge in [-0.1, -0.05) is 17.7 Å². The average molecular weight is 372 g/mol. The highest BCUT2D eigenvalue weighted by Crippen LogP contribution is 2.34. The molecule has 0 radical (unpaired) electrons. The Labute approximate surface area is 142 Å². The third kappa shape index (κ3) is 2.74. The molecule has 0 saturated heterocycles. The van der Waals surface area contributed by atoms with Crippen LogP contribution < -0.4 is 4.74 Å². The maximum Gasteiger partial charge on any atom is 0.319 e. The first kappa shape index (κ1) is 16.7. The summed E-state index contributed by atoms with van der Waals surface area (Å²) in [6, 6.07) is 9.94. The molecular formula is C16H12ClF2NO3S. The highest BCUT2D eigenvalue weighted by molar-refractivity contribution is 7.91. The minimum Gasteiger partial charge on any atom is -0.497 e. The fourth-order valence-corrected chi connectivity index (χ4v) is 4.08. The molecule has 126 valence electrons. The molecule has 1 heterocycles. The second-order valence-corrected chi connectivity index (χ2v) is 7.37. The third-order valence-corrected chi connectivity index (χ3v) is 5.66. The van der Waals surface area contributed by atoms with E-state index >= 15 is 0 Å². The zero-order valence-corrected chi connectivity index (χ0v) is 14.0. The molecule has 3 aromatic rings. The summed E-state index contributed by atoms with van der Waals surface area (Å²) in [5.74, 6) is 0.496. The smallest absolute Gasteiger partial charge is 0.319 e. The molecule has 0 unspecified atom stereocenters. The molecule has 0 atom stereocenters. The molecule has 2 aromatic carbocycles. The number of halogens is 3. The summed E-state index contributed by atoms with van der Waals surface area (Å²) in [7, 11) is -2.51. The Kier molecular flexibility index (Phi) is 4.23. The average Bonchev–Trinajstić information content (AvgIpc) is 2.94. The molecule has 1 aromatic heterocycles. The Morgan fingerprint density at radius 2 is 1.79 bits per heavy atom. The lowest BCUT2D eigenvalue weighted by Gasteiger charge is -2.05. The monoisotopic (exact) mass is 371 g/mol. The van der Waals surface area contributed by atoms with Gasteiger partial charge in [-0.3, -0.25) is 4.57 Å². The maximum atomic E-state index is 13.2. The van der Waals surface area contributed by atoms with Crippen molar-refractivity contribution in [3.63, 3.8) is 0 Å². The lowest BCUT2D eigenvalue weighted by Crippen LogP contribution is -2.02. The molecule has 0 aliphatic carbocycles. The largest absolute Gasteiger partial charge is 0.497 e. The molecule has 0 bridgehead atoms. The SMILES string of the molecule is COc1ccc(S(=O)(=O)c2cn(C(F)F)c3cc(Cl)ccc23)cc1. The third-order valence-electron chi connectivity index (χ3n) is 3.63. The normalized spacial score (nSPS) is 12.0. The van der Waals surface area contributed by atoms with Crippen LogP contribution in [0, 0.1) is 0 Å². The Hall–Kier alpha value is -2.12. The van der Waals surface area contributed by atoms with Gasteiger partial charge >= 0.3 is 6.55 Å². The van der Waals surface area contributed by atoms with Gasteiger partial charge in [0.1, 0.15) is 5.75 Å². The molecule has 0 saturated carbocycles. The summed E-state index contributed by atoms with van der Waals surface area (Å²) in [5, 5.41) is 0.436. The summed E-state index contributed by atoms with van der Waals surface area (Å²) >= 11 is 5.85. The van der Waals surface area contributed by atoms with Crippen molar-refractivity contribution in [1.29, 1.82) is 0 Å². The van der Waals surface area contributed by atoms with Gasteiger partial charge in [0.05, 0.1) is 22.4 Å². The first-order valence-corrected chi connectivity index (χ1v) is 8.68. The van der Waals surface area contributed by atoms with E-state index in [1.54, 1.807) is 0 Å². The van der Waals surface area contributed by atoms with Gasteiger partial charge in [0.15, 0.2) is 0 Å². The fourth-order valence-electron chi connectivity index (χ4n) is 2.45. The van der Waals surface area contributed by atoms with Crippen LogP contribution in [0.5, 0.6) is 5.75 Å². The molecule has 0 spiro atoms. The van der Waals surface area contributed by atoms with Crippen molar-refractivity contribution in [1.82, 2.24) is 4.57 Å². The number of benzene rings is 2. The molecule has 0 amide bonds. The number of sulfone groups is 1. The van der Waals surface area contributed by atoms with Crippen molar-refractivity contribution >= 4 is 32.3 Å². The van der Waals surface area contributed by atoms with Gasteiger partial charge in [0.25, 0.3) is 0 Å². The highest BCUT2D eigenvalue weighted by atomic mass is 35.5. The van der Waals surface area contributed by atoms with Crippen LogP contribution in [-0.4, -0.2) is 20.1 Å². The lowest BCUT2D eigenvalue weighted by atomic mass is 10.2. The van der Waals surface area contributed by atoms with Crippen LogP contribution >= 0.6 is 11.6 Å². The van der Waals surface area contributed by atoms with Gasteiger partial charge in [-0.25, -0.2) is 8.42 Å². The Bertz CT molecular complexity index is 998. The van der Waals surface area contributed by atoms with Crippen molar-refractivity contribution in [2.24, 2.45) is 0 Å². The second kappa shape index (κ2) is 6.07. The van der Waals surface area contributed by atoms with E-state index in [4.69, 9.17) is 16.3 Å². The second-order valence-electron chi connectivity index (χ2n) is 5.02. The van der Waals surface area contributed by atoms with Crippen LogP contribution in [0.3, 0.4) is 0 Å². The highest BCUT2D eigenvalue weighted by Gasteiger charge is 2.25. The predicted molar refractivity (Wildman–Crippen MR) is 86.6 cm³/mol. The standard InChI is InChI=1S/C16H12ClF2NO3S/c1-23-11-3-5-12(6-4-11)24(21,22)15-9-20(16(18)19)14-8-10(17)2-7-13(14)15/h2-9,16H,1H3. The molecule has 4 nitrogen and oxygen atoms in total. The quantitative estimate of drug-likeness (QED) is 0.677.